The molecular weight excluding hydrogens is 327 g/mol. The molecule has 0 saturated carbocycles. The summed E-state index contributed by atoms with van der Waals surface area (Å²) in [7, 11) is 0. The predicted octanol–water partition coefficient (Wildman–Crippen LogP) is 3.90. The number of phenolic OH excluding ortho intramolecular Hbond substituents is 1. The van der Waals surface area contributed by atoms with Gasteiger partial charge in [0.1, 0.15) is 17.2 Å². The second-order valence-corrected chi connectivity index (χ2v) is 5.62. The highest BCUT2D eigenvalue weighted by atomic mass is 19.1. The van der Waals surface area contributed by atoms with E-state index in [0.29, 0.717) is 6.42 Å². The van der Waals surface area contributed by atoms with Crippen molar-refractivity contribution in [3.05, 3.63) is 54.1 Å². The zero-order valence-corrected chi connectivity index (χ0v) is 13.9. The molecule has 0 radical (unpaired) electrons. The Morgan fingerprint density at radius 1 is 1.00 bits per heavy atom. The van der Waals surface area contributed by atoms with E-state index in [1.807, 2.05) is 0 Å². The van der Waals surface area contributed by atoms with Gasteiger partial charge in [-0.05, 0) is 54.4 Å². The van der Waals surface area contributed by atoms with Gasteiger partial charge >= 0.3 is 11.9 Å². The Balaban J connectivity index is 1.96. The number of aromatic hydroxyl groups is 1. The number of esters is 2. The van der Waals surface area contributed by atoms with Crippen LogP contribution in [0.4, 0.5) is 4.39 Å². The molecule has 1 N–H and O–H groups in total. The maximum atomic E-state index is 13.8. The predicted molar refractivity (Wildman–Crippen MR) is 89.5 cm³/mol. The number of ether oxygens (including phenoxy) is 2. The monoisotopic (exact) mass is 346 g/mol. The van der Waals surface area contributed by atoms with Crippen LogP contribution in [-0.4, -0.2) is 23.2 Å². The first-order chi connectivity index (χ1) is 11.9. The maximum Gasteiger partial charge on any atom is 0.346 e. The molecule has 0 saturated heterocycles. The molecule has 0 heterocycles. The van der Waals surface area contributed by atoms with Crippen LogP contribution in [0.25, 0.3) is 0 Å². The Labute approximate surface area is 145 Å². The molecular formula is C19H19FO5. The Morgan fingerprint density at radius 3 is 2.04 bits per heavy atom. The minimum atomic E-state index is -1.68. The van der Waals surface area contributed by atoms with Crippen molar-refractivity contribution in [1.29, 1.82) is 0 Å². The first-order valence-corrected chi connectivity index (χ1v) is 7.87. The molecule has 0 bridgehead atoms. The normalized spacial score (nSPS) is 12.9. The molecule has 0 aliphatic rings. The smallest absolute Gasteiger partial charge is 0.346 e. The molecule has 6 heteroatoms. The van der Waals surface area contributed by atoms with Crippen LogP contribution in [0.15, 0.2) is 48.5 Å². The Kier molecular flexibility index (Phi) is 6.11. The first kappa shape index (κ1) is 18.4. The number of rotatable bonds is 6. The average Bonchev–Trinajstić information content (AvgIpc) is 2.62. The minimum absolute atomic E-state index is 0.0475. The van der Waals surface area contributed by atoms with Crippen LogP contribution in [0, 0.1) is 5.92 Å². The number of hydrogen-bond donors (Lipinski definition) is 1. The Hall–Kier alpha value is -2.89. The van der Waals surface area contributed by atoms with Crippen LogP contribution in [0.1, 0.15) is 30.6 Å². The highest BCUT2D eigenvalue weighted by Crippen LogP contribution is 2.21. The summed E-state index contributed by atoms with van der Waals surface area (Å²) in [6, 6.07) is 11.3. The number of alkyl halides is 1. The van der Waals surface area contributed by atoms with Gasteiger partial charge in [-0.25, -0.2) is 14.0 Å². The molecule has 2 aromatic rings. The number of benzene rings is 2. The van der Waals surface area contributed by atoms with Gasteiger partial charge in [-0.3, -0.25) is 0 Å². The lowest BCUT2D eigenvalue weighted by Gasteiger charge is -2.13. The zero-order chi connectivity index (χ0) is 18.4. The van der Waals surface area contributed by atoms with E-state index in [1.54, 1.807) is 13.8 Å². The molecule has 0 unspecified atom stereocenters. The van der Waals surface area contributed by atoms with E-state index in [1.165, 1.54) is 48.5 Å². The quantitative estimate of drug-likeness (QED) is 0.634. The summed E-state index contributed by atoms with van der Waals surface area (Å²) in [5.74, 6) is -1.49. The van der Waals surface area contributed by atoms with Gasteiger partial charge in [0.25, 0.3) is 0 Å². The number of halogens is 1. The van der Waals surface area contributed by atoms with Crippen molar-refractivity contribution in [3.63, 3.8) is 0 Å². The van der Waals surface area contributed by atoms with E-state index in [2.05, 4.69) is 0 Å². The van der Waals surface area contributed by atoms with Gasteiger partial charge in [0.15, 0.2) is 6.17 Å². The number of hydrogen-bond acceptors (Lipinski definition) is 5. The summed E-state index contributed by atoms with van der Waals surface area (Å²) in [6.45, 7) is 3.43. The fourth-order valence-corrected chi connectivity index (χ4v) is 1.95. The third kappa shape index (κ3) is 5.04. The van der Waals surface area contributed by atoms with Crippen molar-refractivity contribution < 1.29 is 28.6 Å². The van der Waals surface area contributed by atoms with Crippen LogP contribution < -0.4 is 9.47 Å². The lowest BCUT2D eigenvalue weighted by Crippen LogP contribution is -2.27. The molecule has 0 spiro atoms. The average molecular weight is 346 g/mol. The van der Waals surface area contributed by atoms with Crippen LogP contribution >= 0.6 is 0 Å². The highest BCUT2D eigenvalue weighted by Gasteiger charge is 2.25. The SMILES string of the molecule is CC[C@H](C)[C@H](F)C(=O)Oc1ccc(OC(=O)c2ccc(O)cc2)cc1. The highest BCUT2D eigenvalue weighted by molar-refractivity contribution is 5.91. The molecule has 2 atom stereocenters. The van der Waals surface area contributed by atoms with Gasteiger partial charge in [-0.15, -0.1) is 0 Å². The molecule has 0 aliphatic carbocycles. The summed E-state index contributed by atoms with van der Waals surface area (Å²) in [6.07, 6.45) is -1.15. The third-order valence-electron chi connectivity index (χ3n) is 3.72. The van der Waals surface area contributed by atoms with Gasteiger partial charge in [0.2, 0.25) is 0 Å². The van der Waals surface area contributed by atoms with E-state index in [9.17, 15) is 19.1 Å². The van der Waals surface area contributed by atoms with Crippen molar-refractivity contribution in [2.24, 2.45) is 5.92 Å². The zero-order valence-electron chi connectivity index (χ0n) is 13.9. The van der Waals surface area contributed by atoms with E-state index < -0.39 is 24.0 Å². The van der Waals surface area contributed by atoms with Crippen molar-refractivity contribution in [2.75, 3.05) is 0 Å². The van der Waals surface area contributed by atoms with E-state index >= 15 is 0 Å². The standard InChI is InChI=1S/C19H19FO5/c1-3-12(2)17(20)19(23)25-16-10-8-15(9-11-16)24-18(22)13-4-6-14(21)7-5-13/h4-12,17,21H,3H2,1-2H3/t12-,17-/m0/s1. The van der Waals surface area contributed by atoms with Crippen LogP contribution in [0.5, 0.6) is 17.2 Å². The first-order valence-electron chi connectivity index (χ1n) is 7.87. The van der Waals surface area contributed by atoms with Crippen molar-refractivity contribution in [2.45, 2.75) is 26.4 Å². The topological polar surface area (TPSA) is 72.8 Å². The Morgan fingerprint density at radius 2 is 1.52 bits per heavy atom. The van der Waals surface area contributed by atoms with Gasteiger partial charge in [0.05, 0.1) is 5.56 Å². The van der Waals surface area contributed by atoms with E-state index in [4.69, 9.17) is 9.47 Å². The van der Waals surface area contributed by atoms with Crippen LogP contribution in [0.2, 0.25) is 0 Å². The summed E-state index contributed by atoms with van der Waals surface area (Å²) in [5.41, 5.74) is 0.280. The fraction of sp³-hybridized carbons (Fsp3) is 0.263. The summed E-state index contributed by atoms with van der Waals surface area (Å²) >= 11 is 0. The molecule has 0 amide bonds. The minimum Gasteiger partial charge on any atom is -0.508 e. The number of carbonyl (C=O) groups is 2. The molecule has 0 fully saturated rings. The lowest BCUT2D eigenvalue weighted by atomic mass is 10.0. The second-order valence-electron chi connectivity index (χ2n) is 5.62. The Bertz CT molecular complexity index is 724. The van der Waals surface area contributed by atoms with Crippen LogP contribution in [-0.2, 0) is 4.79 Å². The van der Waals surface area contributed by atoms with Crippen molar-refractivity contribution in [1.82, 2.24) is 0 Å². The van der Waals surface area contributed by atoms with E-state index in [0.717, 1.165) is 0 Å². The molecule has 0 aromatic heterocycles. The molecule has 132 valence electrons. The van der Waals surface area contributed by atoms with Crippen LogP contribution in [0.3, 0.4) is 0 Å². The van der Waals surface area contributed by atoms with Crippen molar-refractivity contribution in [3.8, 4) is 17.2 Å². The molecule has 0 aliphatic heterocycles. The molecule has 5 nitrogen and oxygen atoms in total. The number of phenols is 1. The largest absolute Gasteiger partial charge is 0.508 e. The van der Waals surface area contributed by atoms with Gasteiger partial charge in [-0.1, -0.05) is 20.3 Å². The van der Waals surface area contributed by atoms with Gasteiger partial charge in [0, 0.05) is 0 Å². The van der Waals surface area contributed by atoms with Gasteiger partial charge < -0.3 is 14.6 Å². The molecule has 2 rings (SSSR count). The van der Waals surface area contributed by atoms with Crippen molar-refractivity contribution >= 4 is 11.9 Å². The maximum absolute atomic E-state index is 13.8. The molecule has 2 aromatic carbocycles. The third-order valence-corrected chi connectivity index (χ3v) is 3.72. The van der Waals surface area contributed by atoms with E-state index in [-0.39, 0.29) is 22.8 Å². The summed E-state index contributed by atoms with van der Waals surface area (Å²) in [5, 5.41) is 9.20. The number of carbonyl (C=O) groups excluding carboxylic acids is 2. The lowest BCUT2D eigenvalue weighted by molar-refractivity contribution is -0.141. The summed E-state index contributed by atoms with van der Waals surface area (Å²) in [4.78, 5) is 23.6. The fourth-order valence-electron chi connectivity index (χ4n) is 1.95. The molecule has 25 heavy (non-hydrogen) atoms. The second kappa shape index (κ2) is 8.28. The van der Waals surface area contributed by atoms with Gasteiger partial charge in [-0.2, -0.15) is 0 Å². The summed E-state index contributed by atoms with van der Waals surface area (Å²) < 4.78 is 23.9.